The summed E-state index contributed by atoms with van der Waals surface area (Å²) in [7, 11) is 1.56. The molecule has 0 aromatic carbocycles. The van der Waals surface area contributed by atoms with Gasteiger partial charge in [0.2, 0.25) is 5.91 Å². The van der Waals surface area contributed by atoms with Gasteiger partial charge in [-0.3, -0.25) is 9.59 Å². The van der Waals surface area contributed by atoms with Crippen LogP contribution in [0.4, 0.5) is 0 Å². The molecule has 7 heteroatoms. The molecular weight excluding hydrogens is 292 g/mol. The Morgan fingerprint density at radius 2 is 2.00 bits per heavy atom. The Morgan fingerprint density at radius 1 is 1.38 bits per heavy atom. The third-order valence-corrected chi connectivity index (χ3v) is 3.30. The summed E-state index contributed by atoms with van der Waals surface area (Å²) in [6.45, 7) is 7.53. The Balaban J connectivity index is 2.85. The fourth-order valence-corrected chi connectivity index (χ4v) is 1.80. The highest BCUT2D eigenvalue weighted by atomic mass is 35.5. The van der Waals surface area contributed by atoms with Crippen LogP contribution in [0.15, 0.2) is 6.20 Å². The highest BCUT2D eigenvalue weighted by Gasteiger charge is 2.28. The number of nitrogens with one attached hydrogen (secondary N) is 2. The Kier molecular flexibility index (Phi) is 5.66. The number of amides is 2. The molecule has 0 bridgehead atoms. The average Bonchev–Trinajstić information content (AvgIpc) is 2.44. The van der Waals surface area contributed by atoms with Crippen LogP contribution in [0.1, 0.15) is 49.9 Å². The van der Waals surface area contributed by atoms with Crippen LogP contribution in [0.5, 0.6) is 0 Å². The van der Waals surface area contributed by atoms with Crippen molar-refractivity contribution in [2.24, 2.45) is 5.41 Å². The first kappa shape index (κ1) is 17.4. The Morgan fingerprint density at radius 3 is 2.52 bits per heavy atom. The molecule has 0 saturated heterocycles. The van der Waals surface area contributed by atoms with E-state index >= 15 is 0 Å². The van der Waals surface area contributed by atoms with Gasteiger partial charge in [0.25, 0.3) is 5.91 Å². The molecule has 0 aliphatic heterocycles. The smallest absolute Gasteiger partial charge is 0.271 e. The molecule has 2 N–H and O–H groups in total. The van der Waals surface area contributed by atoms with Crippen LogP contribution in [-0.2, 0) is 4.79 Å². The monoisotopic (exact) mass is 312 g/mol. The van der Waals surface area contributed by atoms with Crippen molar-refractivity contribution in [3.05, 3.63) is 22.7 Å². The molecule has 1 aromatic heterocycles. The summed E-state index contributed by atoms with van der Waals surface area (Å²) in [5.41, 5.74) is -0.590. The van der Waals surface area contributed by atoms with Crippen LogP contribution in [0.25, 0.3) is 0 Å². The number of rotatable bonds is 5. The van der Waals surface area contributed by atoms with Gasteiger partial charge in [0.15, 0.2) is 0 Å². The van der Waals surface area contributed by atoms with Gasteiger partial charge in [0.05, 0.1) is 16.6 Å². The third kappa shape index (κ3) is 4.39. The van der Waals surface area contributed by atoms with Gasteiger partial charge >= 0.3 is 0 Å². The molecule has 1 heterocycles. The van der Waals surface area contributed by atoms with Crippen molar-refractivity contribution in [2.45, 2.75) is 33.6 Å². The van der Waals surface area contributed by atoms with E-state index in [4.69, 9.17) is 11.6 Å². The minimum absolute atomic E-state index is 0.0936. The van der Waals surface area contributed by atoms with Gasteiger partial charge in [-0.05, 0) is 13.8 Å². The molecule has 2 amide bonds. The van der Waals surface area contributed by atoms with Gasteiger partial charge < -0.3 is 10.6 Å². The van der Waals surface area contributed by atoms with Crippen molar-refractivity contribution in [1.29, 1.82) is 0 Å². The second kappa shape index (κ2) is 6.85. The van der Waals surface area contributed by atoms with E-state index in [1.54, 1.807) is 20.9 Å². The molecule has 0 radical (unpaired) electrons. The van der Waals surface area contributed by atoms with Crippen molar-refractivity contribution >= 4 is 23.4 Å². The van der Waals surface area contributed by atoms with Crippen LogP contribution in [0.2, 0.25) is 5.02 Å². The van der Waals surface area contributed by atoms with Crippen LogP contribution < -0.4 is 10.6 Å². The van der Waals surface area contributed by atoms with E-state index in [1.807, 2.05) is 13.8 Å². The van der Waals surface area contributed by atoms with E-state index in [0.717, 1.165) is 0 Å². The van der Waals surface area contributed by atoms with Crippen LogP contribution in [0.3, 0.4) is 0 Å². The number of aromatic nitrogens is 2. The van der Waals surface area contributed by atoms with Gasteiger partial charge in [-0.2, -0.15) is 0 Å². The molecule has 6 nitrogen and oxygen atoms in total. The normalized spacial score (nSPS) is 11.4. The molecule has 0 fully saturated rings. The molecule has 21 heavy (non-hydrogen) atoms. The maximum atomic E-state index is 12.2. The highest BCUT2D eigenvalue weighted by molar-refractivity contribution is 6.33. The zero-order valence-corrected chi connectivity index (χ0v) is 13.7. The third-order valence-electron chi connectivity index (χ3n) is 3.03. The van der Waals surface area contributed by atoms with E-state index in [1.165, 1.54) is 6.20 Å². The largest absolute Gasteiger partial charge is 0.359 e. The van der Waals surface area contributed by atoms with E-state index in [-0.39, 0.29) is 29.1 Å². The first-order valence-corrected chi connectivity index (χ1v) is 7.09. The summed E-state index contributed by atoms with van der Waals surface area (Å²) in [5, 5.41) is 5.44. The zero-order valence-electron chi connectivity index (χ0n) is 13.0. The summed E-state index contributed by atoms with van der Waals surface area (Å²) in [6, 6.07) is 0. The highest BCUT2D eigenvalue weighted by Crippen LogP contribution is 2.17. The van der Waals surface area contributed by atoms with E-state index < -0.39 is 11.3 Å². The summed E-state index contributed by atoms with van der Waals surface area (Å²) >= 11 is 5.97. The Labute approximate surface area is 129 Å². The van der Waals surface area contributed by atoms with Crippen LogP contribution in [-0.4, -0.2) is 35.4 Å². The molecule has 0 aliphatic rings. The summed E-state index contributed by atoms with van der Waals surface area (Å²) < 4.78 is 0. The van der Waals surface area contributed by atoms with E-state index in [0.29, 0.717) is 5.82 Å². The summed E-state index contributed by atoms with van der Waals surface area (Å²) in [5.74, 6) is 0.0759. The minimum atomic E-state index is -0.717. The predicted molar refractivity (Wildman–Crippen MR) is 81.3 cm³/mol. The van der Waals surface area contributed by atoms with Gasteiger partial charge in [0, 0.05) is 19.5 Å². The van der Waals surface area contributed by atoms with Crippen molar-refractivity contribution in [3.8, 4) is 0 Å². The molecule has 0 spiro atoms. The quantitative estimate of drug-likeness (QED) is 0.867. The number of carbonyl (C=O) groups is 2. The van der Waals surface area contributed by atoms with Gasteiger partial charge in [-0.15, -0.1) is 0 Å². The van der Waals surface area contributed by atoms with E-state index in [9.17, 15) is 9.59 Å². The zero-order chi connectivity index (χ0) is 16.2. The summed E-state index contributed by atoms with van der Waals surface area (Å²) in [4.78, 5) is 32.1. The molecule has 1 rings (SSSR count). The second-order valence-electron chi connectivity index (χ2n) is 5.73. The lowest BCUT2D eigenvalue weighted by Gasteiger charge is -2.22. The molecule has 1 aromatic rings. The maximum absolute atomic E-state index is 12.2. The van der Waals surface area contributed by atoms with Crippen molar-refractivity contribution in [2.75, 3.05) is 13.6 Å². The average molecular weight is 313 g/mol. The van der Waals surface area contributed by atoms with Crippen molar-refractivity contribution in [1.82, 2.24) is 20.6 Å². The van der Waals surface area contributed by atoms with Crippen LogP contribution in [0, 0.1) is 5.41 Å². The Hall–Kier alpha value is -1.69. The van der Waals surface area contributed by atoms with Crippen LogP contribution >= 0.6 is 11.6 Å². The Bertz CT molecular complexity index is 544. The summed E-state index contributed by atoms with van der Waals surface area (Å²) in [6.07, 6.45) is 1.42. The SMILES string of the molecule is CNC(=O)C(C)(C)CNC(=O)c1nc(C(C)C)ncc1Cl. The first-order chi connectivity index (χ1) is 9.69. The van der Waals surface area contributed by atoms with E-state index in [2.05, 4.69) is 20.6 Å². The standard InChI is InChI=1S/C14H21ClN4O2/c1-8(2)11-17-6-9(15)10(19-11)12(20)18-7-14(3,4)13(21)16-5/h6,8H,7H2,1-5H3,(H,16,21)(H,18,20). The van der Waals surface area contributed by atoms with Gasteiger partial charge in [0.1, 0.15) is 11.5 Å². The number of carbonyl (C=O) groups excluding carboxylic acids is 2. The number of hydrogen-bond donors (Lipinski definition) is 2. The molecular formula is C14H21ClN4O2. The first-order valence-electron chi connectivity index (χ1n) is 6.72. The number of hydrogen-bond acceptors (Lipinski definition) is 4. The lowest BCUT2D eigenvalue weighted by molar-refractivity contribution is -0.128. The molecule has 0 aliphatic carbocycles. The maximum Gasteiger partial charge on any atom is 0.271 e. The number of halogens is 1. The van der Waals surface area contributed by atoms with Gasteiger partial charge in [-0.1, -0.05) is 25.4 Å². The minimum Gasteiger partial charge on any atom is -0.359 e. The molecule has 116 valence electrons. The van der Waals surface area contributed by atoms with Gasteiger partial charge in [-0.25, -0.2) is 9.97 Å². The molecule has 0 saturated carbocycles. The fraction of sp³-hybridized carbons (Fsp3) is 0.571. The molecule has 0 unspecified atom stereocenters. The topological polar surface area (TPSA) is 84.0 Å². The fourth-order valence-electron chi connectivity index (χ4n) is 1.62. The predicted octanol–water partition coefficient (Wildman–Crippen LogP) is 1.76. The lowest BCUT2D eigenvalue weighted by atomic mass is 9.92. The van der Waals surface area contributed by atoms with Crippen molar-refractivity contribution in [3.63, 3.8) is 0 Å². The van der Waals surface area contributed by atoms with Crippen molar-refractivity contribution < 1.29 is 9.59 Å². The second-order valence-corrected chi connectivity index (χ2v) is 6.13. The molecule has 0 atom stereocenters. The lowest BCUT2D eigenvalue weighted by Crippen LogP contribution is -2.44. The number of nitrogens with zero attached hydrogens (tertiary/aromatic N) is 2.